The first kappa shape index (κ1) is 22.3. The van der Waals surface area contributed by atoms with Crippen molar-refractivity contribution in [3.05, 3.63) is 0 Å². The summed E-state index contributed by atoms with van der Waals surface area (Å²) in [5, 5.41) is 0. The molecule has 0 bridgehead atoms. The molecule has 2 saturated heterocycles. The summed E-state index contributed by atoms with van der Waals surface area (Å²) < 4.78 is 25.5. The maximum atomic E-state index is 6.37. The molecule has 0 saturated carbocycles. The van der Waals surface area contributed by atoms with E-state index in [9.17, 15) is 0 Å². The van der Waals surface area contributed by atoms with E-state index in [4.69, 9.17) is 18.6 Å². The van der Waals surface area contributed by atoms with Gasteiger partial charge in [-0.1, -0.05) is 45.4 Å². The molecule has 4 nitrogen and oxygen atoms in total. The summed E-state index contributed by atoms with van der Waals surface area (Å²) in [5.41, 5.74) is -1.24. The van der Waals surface area contributed by atoms with Crippen LogP contribution in [0.5, 0.6) is 0 Å². The van der Waals surface area contributed by atoms with Crippen LogP contribution in [0.15, 0.2) is 0 Å². The largest absolute Gasteiger partial charge is 0.458 e. The Morgan fingerprint density at radius 2 is 0.923 bits per heavy atom. The lowest BCUT2D eigenvalue weighted by Gasteiger charge is -2.32. The van der Waals surface area contributed by atoms with Crippen LogP contribution in [0.4, 0.5) is 0 Å². The Hall–Kier alpha value is -0.0301. The molecule has 0 spiro atoms. The fourth-order valence-electron chi connectivity index (χ4n) is 3.51. The van der Waals surface area contributed by atoms with Crippen molar-refractivity contribution in [2.75, 3.05) is 0 Å². The van der Waals surface area contributed by atoms with Crippen molar-refractivity contribution in [2.45, 2.75) is 129 Å². The van der Waals surface area contributed by atoms with E-state index in [0.717, 1.165) is 12.8 Å². The molecule has 150 valence electrons. The highest BCUT2D eigenvalue weighted by atomic mass is 16.7. The van der Waals surface area contributed by atoms with Gasteiger partial charge in [-0.25, -0.2) is 0 Å². The van der Waals surface area contributed by atoms with Crippen LogP contribution in [-0.4, -0.2) is 36.6 Å². The van der Waals surface area contributed by atoms with Crippen LogP contribution in [0, 0.1) is 0 Å². The number of hydrogen-bond acceptors (Lipinski definition) is 4. The monoisotopic (exact) mass is 366 g/mol. The van der Waals surface area contributed by atoms with E-state index in [1.54, 1.807) is 0 Å². The van der Waals surface area contributed by atoms with Crippen molar-refractivity contribution >= 4 is 14.2 Å². The molecule has 6 heteroatoms. The molecule has 26 heavy (non-hydrogen) atoms. The topological polar surface area (TPSA) is 36.9 Å². The molecule has 0 unspecified atom stereocenters. The first-order chi connectivity index (χ1) is 11.8. The predicted molar refractivity (Wildman–Crippen MR) is 109 cm³/mol. The van der Waals surface area contributed by atoms with E-state index in [-0.39, 0.29) is 42.4 Å². The first-order valence-electron chi connectivity index (χ1n) is 10.5. The predicted octanol–water partition coefficient (Wildman–Crippen LogP) is 5.44. The van der Waals surface area contributed by atoms with Gasteiger partial charge in [0.1, 0.15) is 0 Å². The van der Waals surface area contributed by atoms with Crippen LogP contribution in [0.25, 0.3) is 0 Å². The smallest absolute Gasteiger partial charge is 0.403 e. The van der Waals surface area contributed by atoms with Crippen LogP contribution >= 0.6 is 0 Å². The van der Waals surface area contributed by atoms with Crippen molar-refractivity contribution in [1.82, 2.24) is 0 Å². The standard InChI is InChI=1S/C20H40B2O4/c1-10-11-12-13-14-15-16(21-23-17(2,3)18(4,5)24-21)22-25-19(6,7)20(8,9)26-22/h16H,10-15H2,1-9H3. The second kappa shape index (κ2) is 7.77. The SMILES string of the molecule is CCCCCCCC(B1OC(C)(C)C(C)(C)O1)B1OC(C)(C)C(C)(C)O1. The van der Waals surface area contributed by atoms with Gasteiger partial charge >= 0.3 is 14.2 Å². The third-order valence-corrected chi connectivity index (χ3v) is 6.88. The van der Waals surface area contributed by atoms with Gasteiger partial charge < -0.3 is 18.6 Å². The molecule has 0 amide bonds. The molecule has 0 aromatic carbocycles. The fraction of sp³-hybridized carbons (Fsp3) is 1.00. The highest BCUT2D eigenvalue weighted by Crippen LogP contribution is 2.46. The molecule has 0 radical (unpaired) electrons. The highest BCUT2D eigenvalue weighted by Gasteiger charge is 2.61. The number of unbranched alkanes of at least 4 members (excludes halogenated alkanes) is 4. The van der Waals surface area contributed by atoms with Gasteiger partial charge in [0.25, 0.3) is 0 Å². The Kier molecular flexibility index (Phi) is 6.65. The van der Waals surface area contributed by atoms with Crippen LogP contribution in [-0.2, 0) is 18.6 Å². The van der Waals surface area contributed by atoms with E-state index >= 15 is 0 Å². The molecule has 2 aliphatic heterocycles. The van der Waals surface area contributed by atoms with Gasteiger partial charge in [-0.2, -0.15) is 0 Å². The Morgan fingerprint density at radius 1 is 0.577 bits per heavy atom. The Bertz CT molecular complexity index is 408. The van der Waals surface area contributed by atoms with Crippen LogP contribution in [0.2, 0.25) is 5.72 Å². The van der Waals surface area contributed by atoms with Gasteiger partial charge in [0, 0.05) is 5.72 Å². The molecule has 0 aliphatic carbocycles. The van der Waals surface area contributed by atoms with Crippen molar-refractivity contribution < 1.29 is 18.6 Å². The number of rotatable bonds is 8. The zero-order valence-electron chi connectivity index (χ0n) is 18.6. The second-order valence-corrected chi connectivity index (χ2v) is 10.1. The maximum absolute atomic E-state index is 6.37. The average Bonchev–Trinajstić information content (AvgIpc) is 2.82. The van der Waals surface area contributed by atoms with Crippen molar-refractivity contribution in [2.24, 2.45) is 0 Å². The summed E-state index contributed by atoms with van der Waals surface area (Å²) >= 11 is 0. The normalized spacial score (nSPS) is 26.1. The average molecular weight is 366 g/mol. The molecule has 0 aromatic heterocycles. The van der Waals surface area contributed by atoms with Crippen molar-refractivity contribution in [3.8, 4) is 0 Å². The lowest BCUT2D eigenvalue weighted by atomic mass is 9.50. The van der Waals surface area contributed by atoms with Crippen LogP contribution in [0.1, 0.15) is 101 Å². The Labute approximate surface area is 162 Å². The van der Waals surface area contributed by atoms with Gasteiger partial charge in [-0.3, -0.25) is 0 Å². The molecule has 2 heterocycles. The summed E-state index contributed by atoms with van der Waals surface area (Å²) in [4.78, 5) is 0. The third kappa shape index (κ3) is 4.51. The first-order valence-corrected chi connectivity index (χ1v) is 10.5. The summed E-state index contributed by atoms with van der Waals surface area (Å²) in [5.74, 6) is 0. The minimum absolute atomic E-state index is 0.0822. The van der Waals surface area contributed by atoms with E-state index < -0.39 is 0 Å². The van der Waals surface area contributed by atoms with Crippen LogP contribution < -0.4 is 0 Å². The third-order valence-electron chi connectivity index (χ3n) is 6.88. The summed E-state index contributed by atoms with van der Waals surface area (Å²) in [6.45, 7) is 19.1. The lowest BCUT2D eigenvalue weighted by Crippen LogP contribution is -2.41. The molecule has 0 atom stereocenters. The molecule has 2 fully saturated rings. The van der Waals surface area contributed by atoms with Crippen LogP contribution in [0.3, 0.4) is 0 Å². The van der Waals surface area contributed by atoms with Gasteiger partial charge in [0.05, 0.1) is 22.4 Å². The maximum Gasteiger partial charge on any atom is 0.458 e. The summed E-state index contributed by atoms with van der Waals surface area (Å²) in [6.07, 6.45) is 7.24. The molecule has 0 N–H and O–H groups in total. The zero-order valence-corrected chi connectivity index (χ0v) is 18.6. The Morgan fingerprint density at radius 3 is 1.27 bits per heavy atom. The Balaban J connectivity index is 2.11. The zero-order chi connectivity index (χ0) is 19.8. The lowest BCUT2D eigenvalue weighted by molar-refractivity contribution is 0.00578. The summed E-state index contributed by atoms with van der Waals surface area (Å²) in [7, 11) is -0.582. The molecule has 0 aromatic rings. The molecular formula is C20H40B2O4. The molecular weight excluding hydrogens is 326 g/mol. The fourth-order valence-corrected chi connectivity index (χ4v) is 3.51. The van der Waals surface area contributed by atoms with E-state index in [2.05, 4.69) is 62.3 Å². The number of hydrogen-bond donors (Lipinski definition) is 0. The van der Waals surface area contributed by atoms with E-state index in [0.29, 0.717) is 0 Å². The second-order valence-electron chi connectivity index (χ2n) is 10.1. The van der Waals surface area contributed by atoms with Crippen molar-refractivity contribution in [1.29, 1.82) is 0 Å². The minimum atomic E-state index is -0.332. The van der Waals surface area contributed by atoms with E-state index in [1.165, 1.54) is 25.7 Å². The molecule has 2 rings (SSSR count). The van der Waals surface area contributed by atoms with Gasteiger partial charge in [-0.15, -0.1) is 0 Å². The highest BCUT2D eigenvalue weighted by molar-refractivity contribution is 6.68. The van der Waals surface area contributed by atoms with Gasteiger partial charge in [-0.05, 0) is 55.4 Å². The van der Waals surface area contributed by atoms with Crippen molar-refractivity contribution in [3.63, 3.8) is 0 Å². The van der Waals surface area contributed by atoms with E-state index in [1.807, 2.05) is 0 Å². The summed E-state index contributed by atoms with van der Waals surface area (Å²) in [6, 6.07) is 0. The minimum Gasteiger partial charge on any atom is -0.403 e. The quantitative estimate of drug-likeness (QED) is 0.423. The molecule has 2 aliphatic rings. The van der Waals surface area contributed by atoms with Gasteiger partial charge in [0.2, 0.25) is 0 Å². The van der Waals surface area contributed by atoms with Gasteiger partial charge in [0.15, 0.2) is 0 Å².